The van der Waals surface area contributed by atoms with Crippen molar-refractivity contribution in [1.82, 2.24) is 30.4 Å². The van der Waals surface area contributed by atoms with Crippen molar-refractivity contribution in [2.45, 2.75) is 19.4 Å². The van der Waals surface area contributed by atoms with E-state index in [1.165, 1.54) is 5.56 Å². The summed E-state index contributed by atoms with van der Waals surface area (Å²) in [4.78, 5) is 13.5. The van der Waals surface area contributed by atoms with E-state index in [9.17, 15) is 4.79 Å². The van der Waals surface area contributed by atoms with Crippen LogP contribution in [0.15, 0.2) is 46.6 Å². The minimum atomic E-state index is -0.343. The fraction of sp³-hybridized carbons (Fsp3) is 0.167. The number of aryl methyl sites for hydroxylation is 1. The summed E-state index contributed by atoms with van der Waals surface area (Å²) in [7, 11) is 0. The smallest absolute Gasteiger partial charge is 0.288 e. The van der Waals surface area contributed by atoms with Crippen LogP contribution in [-0.4, -0.2) is 30.4 Å². The zero-order valence-corrected chi connectivity index (χ0v) is 15.2. The van der Waals surface area contributed by atoms with Crippen LogP contribution < -0.4 is 10.9 Å². The third kappa shape index (κ3) is 2.47. The molecule has 5 rings (SSSR count). The number of H-pyrrole nitrogens is 1. The average Bonchev–Trinajstić information content (AvgIpc) is 3.39. The van der Waals surface area contributed by atoms with Crippen LogP contribution in [0.1, 0.15) is 29.7 Å². The van der Waals surface area contributed by atoms with Crippen molar-refractivity contribution in [3.8, 4) is 10.6 Å². The standard InChI is InChI=1S/C18H15N7OS/c1-2-10-5-7-11(8-6-10)16-13-14(12-4-3-9-27-12)20-21-17(26)15(13)19-18-22-23-24-25(16)18/h3-9,16H,2H2,1H3,(H,21,26)(H,19,22,24). The first-order valence-corrected chi connectivity index (χ1v) is 9.44. The zero-order valence-electron chi connectivity index (χ0n) is 14.4. The maximum atomic E-state index is 12.5. The highest BCUT2D eigenvalue weighted by molar-refractivity contribution is 7.13. The summed E-state index contributed by atoms with van der Waals surface area (Å²) in [5.74, 6) is 0.431. The monoisotopic (exact) mass is 377 g/mol. The summed E-state index contributed by atoms with van der Waals surface area (Å²) in [5, 5.41) is 24.0. The molecule has 0 fully saturated rings. The maximum absolute atomic E-state index is 12.5. The number of nitrogens with one attached hydrogen (secondary N) is 2. The van der Waals surface area contributed by atoms with Crippen molar-refractivity contribution in [2.75, 3.05) is 5.32 Å². The average molecular weight is 377 g/mol. The molecule has 0 radical (unpaired) electrons. The van der Waals surface area contributed by atoms with Gasteiger partial charge in [0.25, 0.3) is 5.56 Å². The van der Waals surface area contributed by atoms with Crippen molar-refractivity contribution in [3.63, 3.8) is 0 Å². The lowest BCUT2D eigenvalue weighted by Crippen LogP contribution is -2.29. The minimum absolute atomic E-state index is 0.297. The second-order valence-corrected chi connectivity index (χ2v) is 7.18. The van der Waals surface area contributed by atoms with E-state index in [0.29, 0.717) is 11.6 Å². The molecule has 0 saturated carbocycles. The molecule has 1 aliphatic rings. The second-order valence-electron chi connectivity index (χ2n) is 6.24. The Morgan fingerprint density at radius 2 is 2.07 bits per heavy atom. The van der Waals surface area contributed by atoms with E-state index in [0.717, 1.165) is 28.1 Å². The summed E-state index contributed by atoms with van der Waals surface area (Å²) in [5.41, 5.74) is 3.86. The van der Waals surface area contributed by atoms with Gasteiger partial charge in [-0.25, -0.2) is 5.10 Å². The molecule has 2 N–H and O–H groups in total. The summed E-state index contributed by atoms with van der Waals surface area (Å²) < 4.78 is 1.70. The van der Waals surface area contributed by atoms with Crippen LogP contribution in [0.4, 0.5) is 11.6 Å². The molecule has 1 unspecified atom stereocenters. The Hall–Kier alpha value is -3.33. The van der Waals surface area contributed by atoms with Gasteiger partial charge in [-0.2, -0.15) is 9.78 Å². The number of fused-ring (bicyclic) bond motifs is 2. The van der Waals surface area contributed by atoms with Gasteiger partial charge in [-0.15, -0.1) is 11.3 Å². The summed E-state index contributed by atoms with van der Waals surface area (Å²) in [6, 6.07) is 11.9. The molecule has 1 aromatic carbocycles. The van der Waals surface area contributed by atoms with Gasteiger partial charge in [0.2, 0.25) is 5.95 Å². The highest BCUT2D eigenvalue weighted by atomic mass is 32.1. The van der Waals surface area contributed by atoms with Crippen LogP contribution in [0.25, 0.3) is 10.6 Å². The van der Waals surface area contributed by atoms with E-state index in [-0.39, 0.29) is 11.6 Å². The molecule has 0 saturated heterocycles. The third-order valence-electron chi connectivity index (χ3n) is 4.73. The van der Waals surface area contributed by atoms with Gasteiger partial charge >= 0.3 is 0 Å². The van der Waals surface area contributed by atoms with Gasteiger partial charge in [0, 0.05) is 5.56 Å². The SMILES string of the molecule is CCc1ccc(C2c3c(-c4cccs4)n[nH]c(=O)c3Nc3nnnn32)cc1. The number of aromatic nitrogens is 6. The summed E-state index contributed by atoms with van der Waals surface area (Å²) in [6.45, 7) is 2.12. The summed E-state index contributed by atoms with van der Waals surface area (Å²) in [6.07, 6.45) is 0.959. The first kappa shape index (κ1) is 15.9. The molecule has 1 aliphatic heterocycles. The lowest BCUT2D eigenvalue weighted by molar-refractivity contribution is 0.567. The Morgan fingerprint density at radius 1 is 1.22 bits per heavy atom. The minimum Gasteiger partial charge on any atom is -0.318 e. The molecule has 134 valence electrons. The van der Waals surface area contributed by atoms with E-state index in [4.69, 9.17) is 0 Å². The normalized spacial score (nSPS) is 15.1. The molecular weight excluding hydrogens is 362 g/mol. The Labute approximate surface area is 157 Å². The Kier molecular flexibility index (Phi) is 3.61. The predicted molar refractivity (Wildman–Crippen MR) is 102 cm³/mol. The number of rotatable bonds is 3. The van der Waals surface area contributed by atoms with Gasteiger partial charge in [-0.05, 0) is 39.4 Å². The van der Waals surface area contributed by atoms with Crippen LogP contribution in [0.5, 0.6) is 0 Å². The van der Waals surface area contributed by atoms with Crippen LogP contribution in [0.2, 0.25) is 0 Å². The van der Waals surface area contributed by atoms with Crippen molar-refractivity contribution >= 4 is 23.0 Å². The second kappa shape index (κ2) is 6.13. The van der Waals surface area contributed by atoms with Crippen molar-refractivity contribution in [3.05, 3.63) is 68.8 Å². The highest BCUT2D eigenvalue weighted by Crippen LogP contribution is 2.41. The molecule has 4 aromatic rings. The van der Waals surface area contributed by atoms with E-state index in [1.54, 1.807) is 16.0 Å². The van der Waals surface area contributed by atoms with Gasteiger partial charge in [0.05, 0.1) is 4.88 Å². The number of hydrogen-bond donors (Lipinski definition) is 2. The van der Waals surface area contributed by atoms with Crippen LogP contribution in [0.3, 0.4) is 0 Å². The largest absolute Gasteiger partial charge is 0.318 e. The molecule has 1 atom stereocenters. The van der Waals surface area contributed by atoms with Crippen LogP contribution in [-0.2, 0) is 6.42 Å². The predicted octanol–water partition coefficient (Wildman–Crippen LogP) is 2.74. The lowest BCUT2D eigenvalue weighted by atomic mass is 9.93. The fourth-order valence-corrected chi connectivity index (χ4v) is 4.11. The molecule has 27 heavy (non-hydrogen) atoms. The van der Waals surface area contributed by atoms with Gasteiger partial charge in [-0.3, -0.25) is 4.79 Å². The Balaban J connectivity index is 1.79. The Bertz CT molecular complexity index is 1160. The Morgan fingerprint density at radius 3 is 2.81 bits per heavy atom. The number of anilines is 2. The zero-order chi connectivity index (χ0) is 18.4. The molecular formula is C18H15N7OS. The number of thiophene rings is 1. The molecule has 4 heterocycles. The molecule has 9 heteroatoms. The number of tetrazole rings is 1. The van der Waals surface area contributed by atoms with Crippen molar-refractivity contribution in [2.24, 2.45) is 0 Å². The van der Waals surface area contributed by atoms with E-state index < -0.39 is 0 Å². The molecule has 0 aliphatic carbocycles. The highest BCUT2D eigenvalue weighted by Gasteiger charge is 2.34. The molecule has 0 spiro atoms. The van der Waals surface area contributed by atoms with Crippen LogP contribution in [0, 0.1) is 0 Å². The first-order chi connectivity index (χ1) is 13.3. The number of aromatic amines is 1. The first-order valence-electron chi connectivity index (χ1n) is 8.56. The van der Waals surface area contributed by atoms with E-state index in [2.05, 4.69) is 62.2 Å². The van der Waals surface area contributed by atoms with E-state index >= 15 is 0 Å². The number of hydrogen-bond acceptors (Lipinski definition) is 7. The van der Waals surface area contributed by atoms with Gasteiger partial charge in [0.1, 0.15) is 17.4 Å². The van der Waals surface area contributed by atoms with Crippen LogP contribution >= 0.6 is 11.3 Å². The van der Waals surface area contributed by atoms with Gasteiger partial charge in [-0.1, -0.05) is 42.4 Å². The lowest BCUT2D eigenvalue weighted by Gasteiger charge is -2.27. The maximum Gasteiger partial charge on any atom is 0.288 e. The number of nitrogens with zero attached hydrogens (tertiary/aromatic N) is 5. The molecule has 8 nitrogen and oxygen atoms in total. The van der Waals surface area contributed by atoms with Crippen molar-refractivity contribution in [1.29, 1.82) is 0 Å². The fourth-order valence-electron chi connectivity index (χ4n) is 3.38. The number of benzene rings is 1. The topological polar surface area (TPSA) is 101 Å². The van der Waals surface area contributed by atoms with Crippen molar-refractivity contribution < 1.29 is 0 Å². The van der Waals surface area contributed by atoms with E-state index in [1.807, 2.05) is 17.5 Å². The summed E-state index contributed by atoms with van der Waals surface area (Å²) >= 11 is 1.57. The third-order valence-corrected chi connectivity index (χ3v) is 5.60. The molecule has 0 amide bonds. The molecule has 3 aromatic heterocycles. The quantitative estimate of drug-likeness (QED) is 0.501. The van der Waals surface area contributed by atoms with Gasteiger partial charge in [0.15, 0.2) is 0 Å². The molecule has 0 bridgehead atoms. The van der Waals surface area contributed by atoms with Gasteiger partial charge < -0.3 is 5.32 Å².